The number of hydrogen-bond donors (Lipinski definition) is 1. The summed E-state index contributed by atoms with van der Waals surface area (Å²) >= 11 is 3.41. The van der Waals surface area contributed by atoms with Gasteiger partial charge in [0.1, 0.15) is 0 Å². The summed E-state index contributed by atoms with van der Waals surface area (Å²) in [6, 6.07) is 9.88. The molecule has 116 valence electrons. The van der Waals surface area contributed by atoms with Crippen molar-refractivity contribution in [2.75, 3.05) is 13.3 Å². The van der Waals surface area contributed by atoms with Gasteiger partial charge in [-0.2, -0.15) is 0 Å². The molecule has 0 radical (unpaired) electrons. The van der Waals surface area contributed by atoms with Gasteiger partial charge in [-0.05, 0) is 22.9 Å². The minimum atomic E-state index is -1.10. The monoisotopic (exact) mass is 370 g/mol. The molecular formula is C16H23BrN2OS. The molecule has 0 heterocycles. The third-order valence-electron chi connectivity index (χ3n) is 3.59. The molecule has 0 bridgehead atoms. The van der Waals surface area contributed by atoms with Crippen molar-refractivity contribution in [2.45, 2.75) is 25.8 Å². The van der Waals surface area contributed by atoms with E-state index in [2.05, 4.69) is 22.5 Å². The molecule has 0 fully saturated rings. The highest BCUT2D eigenvalue weighted by Crippen LogP contribution is 2.35. The van der Waals surface area contributed by atoms with Crippen LogP contribution in [0, 0.1) is 11.3 Å². The second-order valence-corrected chi connectivity index (χ2v) is 7.58. The zero-order valence-electron chi connectivity index (χ0n) is 12.8. The normalized spacial score (nSPS) is 15.5. The van der Waals surface area contributed by atoms with Gasteiger partial charge in [0, 0.05) is 24.9 Å². The number of nitrogens with zero attached hydrogens (tertiary/aromatic N) is 1. The second-order valence-electron chi connectivity index (χ2n) is 5.03. The Morgan fingerprint density at radius 1 is 1.43 bits per heavy atom. The third-order valence-corrected chi connectivity index (χ3v) is 4.95. The Hall–Kier alpha value is -0.780. The molecule has 0 aliphatic heterocycles. The lowest BCUT2D eigenvalue weighted by Gasteiger charge is -2.34. The average molecular weight is 371 g/mol. The van der Waals surface area contributed by atoms with Gasteiger partial charge in [0.2, 0.25) is 0 Å². The molecule has 3 nitrogen and oxygen atoms in total. The van der Waals surface area contributed by atoms with Gasteiger partial charge < -0.3 is 5.41 Å². The fourth-order valence-corrected chi connectivity index (χ4v) is 3.37. The zero-order valence-corrected chi connectivity index (χ0v) is 15.2. The van der Waals surface area contributed by atoms with Crippen LogP contribution in [0.2, 0.25) is 0 Å². The predicted octanol–water partition coefficient (Wildman–Crippen LogP) is 4.30. The summed E-state index contributed by atoms with van der Waals surface area (Å²) in [5.74, 6) is -0.0434. The van der Waals surface area contributed by atoms with E-state index >= 15 is 0 Å². The lowest BCUT2D eigenvalue weighted by atomic mass is 9.85. The van der Waals surface area contributed by atoms with Gasteiger partial charge in [-0.25, -0.2) is 8.51 Å². The summed E-state index contributed by atoms with van der Waals surface area (Å²) in [7, 11) is 0.745. The van der Waals surface area contributed by atoms with E-state index in [-0.39, 0.29) is 12.0 Å². The lowest BCUT2D eigenvalue weighted by Crippen LogP contribution is -2.35. The average Bonchev–Trinajstić information content (AvgIpc) is 2.46. The van der Waals surface area contributed by atoms with Crippen molar-refractivity contribution in [3.05, 3.63) is 47.0 Å². The van der Waals surface area contributed by atoms with Gasteiger partial charge in [0.05, 0.1) is 17.0 Å². The Morgan fingerprint density at radius 2 is 2.00 bits per heavy atom. The summed E-state index contributed by atoms with van der Waals surface area (Å²) in [4.78, 5) is 0. The summed E-state index contributed by atoms with van der Waals surface area (Å²) in [5.41, 5.74) is 1.73. The maximum atomic E-state index is 12.0. The molecule has 1 rings (SSSR count). The van der Waals surface area contributed by atoms with Crippen LogP contribution < -0.4 is 0 Å². The van der Waals surface area contributed by atoms with E-state index in [1.165, 1.54) is 0 Å². The minimum absolute atomic E-state index is 0.0434. The number of allylic oxidation sites excluding steroid dienone is 1. The quantitative estimate of drug-likeness (QED) is 0.681. The van der Waals surface area contributed by atoms with Crippen molar-refractivity contribution in [3.8, 4) is 0 Å². The summed E-state index contributed by atoms with van der Waals surface area (Å²) in [6.07, 6.45) is 3.01. The Bertz CT molecular complexity index is 518. The molecule has 0 amide bonds. The highest BCUT2D eigenvalue weighted by Gasteiger charge is 2.31. The van der Waals surface area contributed by atoms with Crippen molar-refractivity contribution in [1.29, 1.82) is 5.41 Å². The molecular weight excluding hydrogens is 348 g/mol. The van der Waals surface area contributed by atoms with Crippen LogP contribution in [0.15, 0.2) is 41.4 Å². The van der Waals surface area contributed by atoms with E-state index in [1.807, 2.05) is 48.6 Å². The molecule has 1 aromatic rings. The molecule has 21 heavy (non-hydrogen) atoms. The molecule has 0 saturated carbocycles. The van der Waals surface area contributed by atoms with E-state index in [9.17, 15) is 4.21 Å². The third kappa shape index (κ3) is 5.16. The van der Waals surface area contributed by atoms with Crippen LogP contribution in [-0.2, 0) is 11.0 Å². The first-order valence-corrected chi connectivity index (χ1v) is 9.21. The lowest BCUT2D eigenvalue weighted by molar-refractivity contribution is 0.334. The van der Waals surface area contributed by atoms with Crippen molar-refractivity contribution >= 4 is 32.6 Å². The first kappa shape index (κ1) is 18.3. The first-order valence-electron chi connectivity index (χ1n) is 6.90. The van der Waals surface area contributed by atoms with Crippen LogP contribution >= 0.6 is 15.9 Å². The van der Waals surface area contributed by atoms with Gasteiger partial charge in [-0.3, -0.25) is 0 Å². The Morgan fingerprint density at radius 3 is 2.43 bits per heavy atom. The van der Waals surface area contributed by atoms with Gasteiger partial charge in [0.15, 0.2) is 0 Å². The standard InChI is InChI=1S/C16H23BrN2OS/c1-5-15(18)14(11-12(2)17)16(19(3)21(4)20)13-9-7-6-8-10-13/h6-10,14,16,18H,2,5,11H2,1,3-4H3. The molecule has 1 N–H and O–H groups in total. The molecule has 3 atom stereocenters. The van der Waals surface area contributed by atoms with Crippen molar-refractivity contribution < 1.29 is 4.21 Å². The van der Waals surface area contributed by atoms with Crippen LogP contribution in [-0.4, -0.2) is 27.5 Å². The second kappa shape index (κ2) is 8.61. The van der Waals surface area contributed by atoms with Crippen LogP contribution in [0.25, 0.3) is 0 Å². The van der Waals surface area contributed by atoms with E-state index in [1.54, 1.807) is 6.26 Å². The number of rotatable bonds is 8. The smallest absolute Gasteiger partial charge is 0.0914 e. The Labute approximate surface area is 138 Å². The molecule has 1 aromatic carbocycles. The molecule has 0 aliphatic carbocycles. The predicted molar refractivity (Wildman–Crippen MR) is 95.2 cm³/mol. The molecule has 3 unspecified atom stereocenters. The molecule has 5 heteroatoms. The number of benzene rings is 1. The highest BCUT2D eigenvalue weighted by molar-refractivity contribution is 9.11. The summed E-state index contributed by atoms with van der Waals surface area (Å²) < 4.78 is 14.7. The maximum Gasteiger partial charge on any atom is 0.0914 e. The maximum absolute atomic E-state index is 12.0. The van der Waals surface area contributed by atoms with Gasteiger partial charge in [-0.1, -0.05) is 59.8 Å². The molecule has 0 aliphatic rings. The van der Waals surface area contributed by atoms with Gasteiger partial charge in [-0.15, -0.1) is 0 Å². The SMILES string of the molecule is C=C(Br)CC(C(=N)CC)C(c1ccccc1)N(C)S(C)=O. The fraction of sp³-hybridized carbons (Fsp3) is 0.438. The minimum Gasteiger partial charge on any atom is -0.309 e. The van der Waals surface area contributed by atoms with Crippen LogP contribution in [0.4, 0.5) is 0 Å². The number of hydrogen-bond acceptors (Lipinski definition) is 2. The Balaban J connectivity index is 3.27. The van der Waals surface area contributed by atoms with E-state index in [4.69, 9.17) is 5.41 Å². The number of halogens is 1. The van der Waals surface area contributed by atoms with Crippen molar-refractivity contribution in [1.82, 2.24) is 4.31 Å². The van der Waals surface area contributed by atoms with Gasteiger partial charge >= 0.3 is 0 Å². The van der Waals surface area contributed by atoms with Gasteiger partial charge in [0.25, 0.3) is 0 Å². The first-order chi connectivity index (χ1) is 9.88. The van der Waals surface area contributed by atoms with E-state index < -0.39 is 11.0 Å². The van der Waals surface area contributed by atoms with Crippen molar-refractivity contribution in [2.24, 2.45) is 5.92 Å². The summed E-state index contributed by atoms with van der Waals surface area (Å²) in [6.45, 7) is 5.90. The molecule has 0 spiro atoms. The topological polar surface area (TPSA) is 44.2 Å². The van der Waals surface area contributed by atoms with E-state index in [0.29, 0.717) is 18.6 Å². The fourth-order valence-electron chi connectivity index (χ4n) is 2.43. The highest BCUT2D eigenvalue weighted by atomic mass is 79.9. The van der Waals surface area contributed by atoms with Crippen molar-refractivity contribution in [3.63, 3.8) is 0 Å². The van der Waals surface area contributed by atoms with Crippen LogP contribution in [0.1, 0.15) is 31.4 Å². The zero-order chi connectivity index (χ0) is 16.0. The largest absolute Gasteiger partial charge is 0.309 e. The number of nitrogens with one attached hydrogen (secondary N) is 1. The summed E-state index contributed by atoms with van der Waals surface area (Å²) in [5, 5.41) is 8.31. The van der Waals surface area contributed by atoms with Crippen LogP contribution in [0.5, 0.6) is 0 Å². The Kier molecular flexibility index (Phi) is 7.49. The molecule has 0 saturated heterocycles. The van der Waals surface area contributed by atoms with E-state index in [0.717, 1.165) is 10.0 Å². The molecule has 0 aromatic heterocycles. The van der Waals surface area contributed by atoms with Crippen LogP contribution in [0.3, 0.4) is 0 Å².